The molecule has 3 atom stereocenters. The molecule has 5 nitrogen and oxygen atoms in total. The maximum Gasteiger partial charge on any atom is 0.252 e. The van der Waals surface area contributed by atoms with E-state index in [0.717, 1.165) is 26.2 Å². The average Bonchev–Trinajstić information content (AvgIpc) is 3.32. The van der Waals surface area contributed by atoms with Gasteiger partial charge in [0.15, 0.2) is 0 Å². The largest absolute Gasteiger partial charge is 0.376 e. The van der Waals surface area contributed by atoms with Crippen molar-refractivity contribution in [3.63, 3.8) is 0 Å². The van der Waals surface area contributed by atoms with E-state index in [9.17, 15) is 4.79 Å². The van der Waals surface area contributed by atoms with Gasteiger partial charge in [-0.1, -0.05) is 6.07 Å². The first kappa shape index (κ1) is 15.7. The molecule has 0 spiro atoms. The number of rotatable bonds is 5. The zero-order valence-electron chi connectivity index (χ0n) is 13.4. The molecule has 0 aromatic carbocycles. The third kappa shape index (κ3) is 3.36. The van der Waals surface area contributed by atoms with E-state index in [1.54, 1.807) is 35.9 Å². The van der Waals surface area contributed by atoms with Crippen LogP contribution in [0.5, 0.6) is 0 Å². The highest BCUT2D eigenvalue weighted by atomic mass is 32.1. The van der Waals surface area contributed by atoms with Crippen LogP contribution in [-0.4, -0.2) is 48.1 Å². The van der Waals surface area contributed by atoms with Gasteiger partial charge in [0.2, 0.25) is 0 Å². The summed E-state index contributed by atoms with van der Waals surface area (Å²) in [5.74, 6) is 0.850. The van der Waals surface area contributed by atoms with Gasteiger partial charge in [-0.05, 0) is 23.6 Å². The van der Waals surface area contributed by atoms with E-state index in [-0.39, 0.29) is 5.91 Å². The molecule has 1 amide bonds. The molecule has 0 unspecified atom stereocenters. The Hall–Kier alpha value is -1.76. The molecule has 2 aromatic heterocycles. The summed E-state index contributed by atoms with van der Waals surface area (Å²) < 4.78 is 5.98. The molecule has 6 heteroatoms. The Balaban J connectivity index is 1.30. The fraction of sp³-hybridized carbons (Fsp3) is 0.444. The topological polar surface area (TPSA) is 54.5 Å². The molecular formula is C18H21N3O2S. The summed E-state index contributed by atoms with van der Waals surface area (Å²) in [6.45, 7) is 4.46. The number of fused-ring (bicyclic) bond motifs is 1. The van der Waals surface area contributed by atoms with Gasteiger partial charge in [0.25, 0.3) is 5.91 Å². The van der Waals surface area contributed by atoms with Crippen LogP contribution in [0.2, 0.25) is 0 Å². The number of pyridine rings is 1. The van der Waals surface area contributed by atoms with Crippen molar-refractivity contribution in [2.24, 2.45) is 11.8 Å². The zero-order valence-corrected chi connectivity index (χ0v) is 14.2. The van der Waals surface area contributed by atoms with Crippen LogP contribution in [0.15, 0.2) is 42.0 Å². The van der Waals surface area contributed by atoms with Gasteiger partial charge in [-0.2, -0.15) is 0 Å². The third-order valence-electron chi connectivity index (χ3n) is 4.92. The number of nitrogens with zero attached hydrogens (tertiary/aromatic N) is 2. The first-order valence-electron chi connectivity index (χ1n) is 8.34. The van der Waals surface area contributed by atoms with E-state index in [1.807, 2.05) is 0 Å². The van der Waals surface area contributed by atoms with E-state index in [4.69, 9.17) is 4.74 Å². The van der Waals surface area contributed by atoms with Crippen LogP contribution in [0.1, 0.15) is 15.2 Å². The minimum atomic E-state index is -0.0556. The highest BCUT2D eigenvalue weighted by Gasteiger charge is 2.43. The van der Waals surface area contributed by atoms with Gasteiger partial charge in [0.05, 0.1) is 18.3 Å². The lowest BCUT2D eigenvalue weighted by atomic mass is 9.93. The van der Waals surface area contributed by atoms with E-state index >= 15 is 0 Å². The predicted octanol–water partition coefficient (Wildman–Crippen LogP) is 2.02. The molecule has 2 fully saturated rings. The van der Waals surface area contributed by atoms with Gasteiger partial charge in [-0.15, -0.1) is 11.3 Å². The molecule has 4 rings (SSSR count). The molecule has 1 N–H and O–H groups in total. The first-order valence-corrected chi connectivity index (χ1v) is 9.22. The Bertz CT molecular complexity index is 677. The van der Waals surface area contributed by atoms with Crippen molar-refractivity contribution in [2.75, 3.05) is 26.2 Å². The molecule has 2 aliphatic heterocycles. The Morgan fingerprint density at radius 2 is 2.33 bits per heavy atom. The number of hydrogen-bond acceptors (Lipinski definition) is 5. The van der Waals surface area contributed by atoms with Crippen LogP contribution in [0.25, 0.3) is 0 Å². The summed E-state index contributed by atoms with van der Waals surface area (Å²) in [6.07, 6.45) is 3.58. The van der Waals surface area contributed by atoms with Crippen LogP contribution >= 0.6 is 11.3 Å². The lowest BCUT2D eigenvalue weighted by molar-refractivity contribution is 0.0904. The van der Waals surface area contributed by atoms with Crippen molar-refractivity contribution in [3.05, 3.63) is 52.5 Å². The number of nitrogens with one attached hydrogen (secondary N) is 1. The molecule has 2 saturated heterocycles. The summed E-state index contributed by atoms with van der Waals surface area (Å²) in [6, 6.07) is 7.85. The van der Waals surface area contributed by atoms with Crippen molar-refractivity contribution in [1.29, 1.82) is 0 Å². The fourth-order valence-corrected chi connectivity index (χ4v) is 4.41. The van der Waals surface area contributed by atoms with Gasteiger partial charge >= 0.3 is 0 Å². The second-order valence-corrected chi connectivity index (χ2v) is 7.55. The molecular weight excluding hydrogens is 322 g/mol. The van der Waals surface area contributed by atoms with Crippen LogP contribution < -0.4 is 5.32 Å². The number of amides is 1. The summed E-state index contributed by atoms with van der Waals surface area (Å²) in [5, 5.41) is 5.16. The van der Waals surface area contributed by atoms with E-state index in [1.165, 1.54) is 4.88 Å². The number of hydrogen-bond donors (Lipinski definition) is 1. The Morgan fingerprint density at radius 3 is 3.12 bits per heavy atom. The Labute approximate surface area is 145 Å². The highest BCUT2D eigenvalue weighted by molar-refractivity contribution is 7.09. The lowest BCUT2D eigenvalue weighted by Gasteiger charge is -2.19. The molecule has 2 aliphatic rings. The van der Waals surface area contributed by atoms with Crippen molar-refractivity contribution >= 4 is 17.2 Å². The van der Waals surface area contributed by atoms with Crippen molar-refractivity contribution in [1.82, 2.24) is 15.2 Å². The minimum absolute atomic E-state index is 0.0556. The van der Waals surface area contributed by atoms with E-state index in [0.29, 0.717) is 30.0 Å². The number of thiophene rings is 1. The smallest absolute Gasteiger partial charge is 0.252 e. The predicted molar refractivity (Wildman–Crippen MR) is 92.9 cm³/mol. The summed E-state index contributed by atoms with van der Waals surface area (Å²) in [7, 11) is 0. The standard InChI is InChI=1S/C18H21N3O2S/c22-18(13-3-1-5-19-7-13)20-8-14-12-23-17-11-21(10-16(14)17)9-15-4-2-6-24-15/h1-7,14,16-17H,8-12H2,(H,20,22)/t14-,16+,17+/m1/s1. The van der Waals surface area contributed by atoms with Crippen LogP contribution in [0, 0.1) is 11.8 Å². The third-order valence-corrected chi connectivity index (χ3v) is 5.78. The number of ether oxygens (including phenoxy) is 1. The van der Waals surface area contributed by atoms with Crippen LogP contribution in [-0.2, 0) is 11.3 Å². The SMILES string of the molecule is O=C(NC[C@@H]1CO[C@H]2CN(Cc3cccs3)C[C@@H]12)c1cccnc1. The number of carbonyl (C=O) groups excluding carboxylic acids is 1. The summed E-state index contributed by atoms with van der Waals surface area (Å²) >= 11 is 1.81. The Kier molecular flexibility index (Phi) is 4.60. The maximum absolute atomic E-state index is 12.2. The molecule has 0 radical (unpaired) electrons. The second kappa shape index (κ2) is 7.01. The average molecular weight is 343 g/mol. The minimum Gasteiger partial charge on any atom is -0.376 e. The molecule has 126 valence electrons. The van der Waals surface area contributed by atoms with E-state index < -0.39 is 0 Å². The number of carbonyl (C=O) groups is 1. The first-order chi connectivity index (χ1) is 11.8. The van der Waals surface area contributed by atoms with Gasteiger partial charge in [0.1, 0.15) is 0 Å². The van der Waals surface area contributed by atoms with Crippen molar-refractivity contribution in [2.45, 2.75) is 12.6 Å². The molecule has 0 saturated carbocycles. The zero-order chi connectivity index (χ0) is 16.4. The molecule has 24 heavy (non-hydrogen) atoms. The highest BCUT2D eigenvalue weighted by Crippen LogP contribution is 2.34. The van der Waals surface area contributed by atoms with E-state index in [2.05, 4.69) is 32.7 Å². The normalized spacial score (nSPS) is 26.4. The Morgan fingerprint density at radius 1 is 1.38 bits per heavy atom. The fourth-order valence-electron chi connectivity index (χ4n) is 3.67. The number of likely N-dealkylation sites (tertiary alicyclic amines) is 1. The molecule has 0 aliphatic carbocycles. The monoisotopic (exact) mass is 343 g/mol. The lowest BCUT2D eigenvalue weighted by Crippen LogP contribution is -2.34. The van der Waals surface area contributed by atoms with Crippen LogP contribution in [0.4, 0.5) is 0 Å². The number of aromatic nitrogens is 1. The van der Waals surface area contributed by atoms with Gasteiger partial charge < -0.3 is 10.1 Å². The van der Waals surface area contributed by atoms with Crippen molar-refractivity contribution < 1.29 is 9.53 Å². The van der Waals surface area contributed by atoms with Crippen molar-refractivity contribution in [3.8, 4) is 0 Å². The summed E-state index contributed by atoms with van der Waals surface area (Å²) in [5.41, 5.74) is 0.610. The van der Waals surface area contributed by atoms with Gasteiger partial charge in [-0.25, -0.2) is 0 Å². The van der Waals surface area contributed by atoms with Gasteiger partial charge in [0, 0.05) is 55.3 Å². The maximum atomic E-state index is 12.2. The van der Waals surface area contributed by atoms with Crippen LogP contribution in [0.3, 0.4) is 0 Å². The molecule has 4 heterocycles. The quantitative estimate of drug-likeness (QED) is 0.902. The second-order valence-electron chi connectivity index (χ2n) is 6.52. The van der Waals surface area contributed by atoms with Gasteiger partial charge in [-0.3, -0.25) is 14.7 Å². The summed E-state index contributed by atoms with van der Waals surface area (Å²) in [4.78, 5) is 20.0. The molecule has 2 aromatic rings. The molecule has 0 bridgehead atoms.